The SMILES string of the molecule is CCOC(=O)C1Cc2cc(C(=O)CC(C)C)c(O)c(Cl)c2O1. The predicted octanol–water partition coefficient (Wildman–Crippen LogP) is 3.14. The van der Waals surface area contributed by atoms with Crippen LogP contribution in [0.15, 0.2) is 6.07 Å². The number of hydrogen-bond acceptors (Lipinski definition) is 5. The number of Topliss-reactive ketones (excluding diaryl/α,β-unsaturated/α-hetero) is 1. The van der Waals surface area contributed by atoms with Crippen LogP contribution in [0.1, 0.15) is 43.1 Å². The summed E-state index contributed by atoms with van der Waals surface area (Å²) < 4.78 is 10.4. The van der Waals surface area contributed by atoms with Crippen molar-refractivity contribution in [2.75, 3.05) is 6.61 Å². The van der Waals surface area contributed by atoms with Crippen molar-refractivity contribution >= 4 is 23.4 Å². The molecule has 0 saturated heterocycles. The van der Waals surface area contributed by atoms with E-state index in [4.69, 9.17) is 21.1 Å². The highest BCUT2D eigenvalue weighted by atomic mass is 35.5. The number of rotatable bonds is 5. The summed E-state index contributed by atoms with van der Waals surface area (Å²) in [5, 5.41) is 10.1. The monoisotopic (exact) mass is 326 g/mol. The largest absolute Gasteiger partial charge is 0.505 e. The highest BCUT2D eigenvalue weighted by Crippen LogP contribution is 2.44. The van der Waals surface area contributed by atoms with E-state index in [1.165, 1.54) is 0 Å². The summed E-state index contributed by atoms with van der Waals surface area (Å²) in [5.41, 5.74) is 0.804. The minimum Gasteiger partial charge on any atom is -0.505 e. The minimum atomic E-state index is -0.790. The van der Waals surface area contributed by atoms with Crippen LogP contribution in [-0.2, 0) is 16.0 Å². The smallest absolute Gasteiger partial charge is 0.347 e. The first-order valence-corrected chi connectivity index (χ1v) is 7.63. The quantitative estimate of drug-likeness (QED) is 0.664. The van der Waals surface area contributed by atoms with E-state index in [0.717, 1.165) is 0 Å². The zero-order valence-electron chi connectivity index (χ0n) is 12.8. The van der Waals surface area contributed by atoms with Gasteiger partial charge in [0, 0.05) is 18.4 Å². The second kappa shape index (κ2) is 6.57. The number of carbonyl (C=O) groups is 2. The Morgan fingerprint density at radius 3 is 2.77 bits per heavy atom. The average molecular weight is 327 g/mol. The molecule has 1 aliphatic rings. The molecule has 6 heteroatoms. The van der Waals surface area contributed by atoms with E-state index in [2.05, 4.69) is 0 Å². The van der Waals surface area contributed by atoms with Crippen LogP contribution in [0.3, 0.4) is 0 Å². The lowest BCUT2D eigenvalue weighted by Crippen LogP contribution is -2.27. The molecule has 0 fully saturated rings. The Morgan fingerprint density at radius 1 is 1.50 bits per heavy atom. The molecule has 1 atom stereocenters. The number of fused-ring (bicyclic) bond motifs is 1. The fourth-order valence-corrected chi connectivity index (χ4v) is 2.67. The summed E-state index contributed by atoms with van der Waals surface area (Å²) in [4.78, 5) is 23.9. The molecule has 2 rings (SSSR count). The molecule has 1 heterocycles. The van der Waals surface area contributed by atoms with E-state index < -0.39 is 12.1 Å². The van der Waals surface area contributed by atoms with E-state index in [1.54, 1.807) is 13.0 Å². The summed E-state index contributed by atoms with van der Waals surface area (Å²) in [5.74, 6) is -0.544. The first kappa shape index (κ1) is 16.6. The fraction of sp³-hybridized carbons (Fsp3) is 0.500. The highest BCUT2D eigenvalue weighted by Gasteiger charge is 2.34. The van der Waals surface area contributed by atoms with Gasteiger partial charge in [0.1, 0.15) is 16.5 Å². The summed E-state index contributed by atoms with van der Waals surface area (Å²) in [7, 11) is 0. The molecule has 0 saturated carbocycles. The van der Waals surface area contributed by atoms with E-state index in [-0.39, 0.29) is 46.8 Å². The molecule has 22 heavy (non-hydrogen) atoms. The van der Waals surface area contributed by atoms with Gasteiger partial charge in [-0.3, -0.25) is 4.79 Å². The Morgan fingerprint density at radius 2 is 2.18 bits per heavy atom. The van der Waals surface area contributed by atoms with Crippen LogP contribution in [0.2, 0.25) is 5.02 Å². The minimum absolute atomic E-state index is 0.0311. The fourth-order valence-electron chi connectivity index (χ4n) is 2.40. The number of aromatic hydroxyl groups is 1. The Kier molecular flexibility index (Phi) is 4.96. The zero-order valence-corrected chi connectivity index (χ0v) is 13.6. The van der Waals surface area contributed by atoms with Crippen molar-refractivity contribution in [3.63, 3.8) is 0 Å². The van der Waals surface area contributed by atoms with E-state index in [0.29, 0.717) is 12.0 Å². The van der Waals surface area contributed by atoms with Crippen molar-refractivity contribution in [1.29, 1.82) is 0 Å². The maximum absolute atomic E-state index is 12.2. The maximum Gasteiger partial charge on any atom is 0.347 e. The summed E-state index contributed by atoms with van der Waals surface area (Å²) >= 11 is 6.09. The molecular weight excluding hydrogens is 308 g/mol. The standard InChI is InChI=1S/C16H19ClO5/c1-4-21-16(20)12-7-9-6-10(11(18)5-8(2)3)14(19)13(17)15(9)22-12/h6,8,12,19H,4-5,7H2,1-3H3. The third-order valence-corrected chi connectivity index (χ3v) is 3.73. The first-order valence-electron chi connectivity index (χ1n) is 7.25. The van der Waals surface area contributed by atoms with Crippen molar-refractivity contribution < 1.29 is 24.2 Å². The highest BCUT2D eigenvalue weighted by molar-refractivity contribution is 6.34. The number of phenolic OH excluding ortho intramolecular Hbond substituents is 1. The number of ether oxygens (including phenoxy) is 2. The second-order valence-corrected chi connectivity index (χ2v) is 6.04. The molecule has 0 aliphatic carbocycles. The molecule has 120 valence electrons. The number of benzene rings is 1. The normalized spacial score (nSPS) is 16.3. The number of phenols is 1. The van der Waals surface area contributed by atoms with Gasteiger partial charge in [0.05, 0.1) is 12.2 Å². The van der Waals surface area contributed by atoms with E-state index in [1.807, 2.05) is 13.8 Å². The third kappa shape index (κ3) is 3.19. The van der Waals surface area contributed by atoms with Crippen LogP contribution < -0.4 is 4.74 Å². The van der Waals surface area contributed by atoms with Crippen LogP contribution in [0.4, 0.5) is 0 Å². The number of esters is 1. The third-order valence-electron chi connectivity index (χ3n) is 3.38. The van der Waals surface area contributed by atoms with Gasteiger partial charge in [0.25, 0.3) is 0 Å². The Bertz CT molecular complexity index is 609. The van der Waals surface area contributed by atoms with Gasteiger partial charge in [-0.1, -0.05) is 25.4 Å². The Labute approximate surface area is 134 Å². The van der Waals surface area contributed by atoms with Gasteiger partial charge in [-0.25, -0.2) is 4.79 Å². The molecule has 1 aromatic rings. The van der Waals surface area contributed by atoms with Crippen LogP contribution >= 0.6 is 11.6 Å². The summed E-state index contributed by atoms with van der Waals surface area (Å²) in [6.45, 7) is 5.81. The van der Waals surface area contributed by atoms with Gasteiger partial charge >= 0.3 is 5.97 Å². The molecular formula is C16H19ClO5. The molecule has 1 aliphatic heterocycles. The molecule has 1 N–H and O–H groups in total. The maximum atomic E-state index is 12.2. The van der Waals surface area contributed by atoms with Gasteiger partial charge in [-0.15, -0.1) is 0 Å². The van der Waals surface area contributed by atoms with Crippen LogP contribution in [0.5, 0.6) is 11.5 Å². The molecule has 0 bridgehead atoms. The molecule has 0 aromatic heterocycles. The van der Waals surface area contributed by atoms with Gasteiger partial charge < -0.3 is 14.6 Å². The van der Waals surface area contributed by atoms with Gasteiger partial charge in [-0.05, 0) is 18.9 Å². The van der Waals surface area contributed by atoms with Crippen molar-refractivity contribution in [3.05, 3.63) is 22.2 Å². The molecule has 0 spiro atoms. The lowest BCUT2D eigenvalue weighted by molar-refractivity contribution is -0.150. The number of carbonyl (C=O) groups excluding carboxylic acids is 2. The van der Waals surface area contributed by atoms with Crippen molar-refractivity contribution in [2.24, 2.45) is 5.92 Å². The van der Waals surface area contributed by atoms with Crippen molar-refractivity contribution in [3.8, 4) is 11.5 Å². The first-order chi connectivity index (χ1) is 10.3. The molecule has 1 unspecified atom stereocenters. The molecule has 0 amide bonds. The van der Waals surface area contributed by atoms with Gasteiger partial charge in [0.2, 0.25) is 0 Å². The Balaban J connectivity index is 2.31. The summed E-state index contributed by atoms with van der Waals surface area (Å²) in [6, 6.07) is 1.56. The van der Waals surface area contributed by atoms with Crippen LogP contribution in [-0.4, -0.2) is 29.6 Å². The van der Waals surface area contributed by atoms with Crippen molar-refractivity contribution in [2.45, 2.75) is 39.7 Å². The lowest BCUT2D eigenvalue weighted by atomic mass is 9.97. The molecule has 5 nitrogen and oxygen atoms in total. The lowest BCUT2D eigenvalue weighted by Gasteiger charge is -2.11. The predicted molar refractivity (Wildman–Crippen MR) is 81.7 cm³/mol. The summed E-state index contributed by atoms with van der Waals surface area (Å²) in [6.07, 6.45) is -0.205. The topological polar surface area (TPSA) is 72.8 Å². The van der Waals surface area contributed by atoms with Crippen LogP contribution in [0.25, 0.3) is 0 Å². The molecule has 1 aromatic carbocycles. The average Bonchev–Trinajstić information content (AvgIpc) is 2.86. The number of ketones is 1. The van der Waals surface area contributed by atoms with Gasteiger partial charge in [0.15, 0.2) is 11.9 Å². The van der Waals surface area contributed by atoms with Crippen molar-refractivity contribution in [1.82, 2.24) is 0 Å². The van der Waals surface area contributed by atoms with E-state index >= 15 is 0 Å². The Hall–Kier alpha value is -1.75. The zero-order chi connectivity index (χ0) is 16.4. The number of halogens is 1. The van der Waals surface area contributed by atoms with Gasteiger partial charge in [-0.2, -0.15) is 0 Å². The van der Waals surface area contributed by atoms with Crippen LogP contribution in [0, 0.1) is 5.92 Å². The van der Waals surface area contributed by atoms with E-state index in [9.17, 15) is 14.7 Å². The second-order valence-electron chi connectivity index (χ2n) is 5.66. The molecule has 0 radical (unpaired) electrons. The number of hydrogen-bond donors (Lipinski definition) is 1.